The van der Waals surface area contributed by atoms with Crippen molar-refractivity contribution in [3.63, 3.8) is 0 Å². The van der Waals surface area contributed by atoms with E-state index in [1.807, 2.05) is 7.05 Å². The molecule has 1 atom stereocenters. The summed E-state index contributed by atoms with van der Waals surface area (Å²) in [6.45, 7) is 7.44. The van der Waals surface area contributed by atoms with Crippen LogP contribution < -0.4 is 16.0 Å². The molecule has 0 amide bonds. The quantitative estimate of drug-likeness (QED) is 0.430. The number of nitrogens with one attached hydrogen (secondary N) is 3. The van der Waals surface area contributed by atoms with Gasteiger partial charge < -0.3 is 16.0 Å². The number of hydrogen-bond acceptors (Lipinski definition) is 2. The van der Waals surface area contributed by atoms with Crippen molar-refractivity contribution in [2.45, 2.75) is 51.2 Å². The lowest BCUT2D eigenvalue weighted by molar-refractivity contribution is 0.344. The Labute approximate surface area is 140 Å². The molecular weight excluding hydrogens is 284 g/mol. The lowest BCUT2D eigenvalue weighted by Gasteiger charge is -2.31. The molecule has 1 aliphatic carbocycles. The molecule has 1 aromatic rings. The summed E-state index contributed by atoms with van der Waals surface area (Å²) in [4.78, 5) is 4.33. The number of benzene rings is 1. The van der Waals surface area contributed by atoms with E-state index in [1.165, 1.54) is 5.56 Å². The van der Waals surface area contributed by atoms with E-state index in [2.05, 4.69) is 84.2 Å². The summed E-state index contributed by atoms with van der Waals surface area (Å²) in [6.07, 6.45) is 6.59. The van der Waals surface area contributed by atoms with Crippen LogP contribution in [0.1, 0.15) is 45.2 Å². The normalized spacial score (nSPS) is 17.3. The fourth-order valence-electron chi connectivity index (χ4n) is 2.89. The molecule has 2 rings (SSSR count). The first-order valence-electron chi connectivity index (χ1n) is 8.45. The lowest BCUT2D eigenvalue weighted by Crippen LogP contribution is -2.53. The Bertz CT molecular complexity index is 526. The first-order valence-corrected chi connectivity index (χ1v) is 8.45. The highest BCUT2D eigenvalue weighted by atomic mass is 15.2. The molecule has 0 saturated carbocycles. The minimum absolute atomic E-state index is 0.0409. The zero-order valence-electron chi connectivity index (χ0n) is 14.8. The van der Waals surface area contributed by atoms with E-state index in [9.17, 15) is 0 Å². The molecule has 4 nitrogen and oxygen atoms in total. The van der Waals surface area contributed by atoms with Crippen molar-refractivity contribution in [2.75, 3.05) is 13.6 Å². The molecule has 0 spiro atoms. The molecule has 0 radical (unpaired) electrons. The highest BCUT2D eigenvalue weighted by Gasteiger charge is 2.21. The Morgan fingerprint density at radius 3 is 2.48 bits per heavy atom. The van der Waals surface area contributed by atoms with Crippen LogP contribution in [0.4, 0.5) is 0 Å². The van der Waals surface area contributed by atoms with Gasteiger partial charge in [0.2, 0.25) is 0 Å². The van der Waals surface area contributed by atoms with Gasteiger partial charge in [-0.3, -0.25) is 4.99 Å². The van der Waals surface area contributed by atoms with Gasteiger partial charge >= 0.3 is 0 Å². The monoisotopic (exact) mass is 314 g/mol. The molecule has 4 heteroatoms. The summed E-state index contributed by atoms with van der Waals surface area (Å²) < 4.78 is 0. The summed E-state index contributed by atoms with van der Waals surface area (Å²) in [5, 5.41) is 10.6. The maximum absolute atomic E-state index is 4.33. The molecule has 0 aromatic heterocycles. The molecule has 0 saturated heterocycles. The smallest absolute Gasteiger partial charge is 0.191 e. The first-order chi connectivity index (χ1) is 11.0. The third-order valence-corrected chi connectivity index (χ3v) is 4.18. The van der Waals surface area contributed by atoms with Crippen LogP contribution >= 0.6 is 0 Å². The lowest BCUT2D eigenvalue weighted by atomic mass is 10.0. The zero-order valence-corrected chi connectivity index (χ0v) is 14.8. The van der Waals surface area contributed by atoms with Gasteiger partial charge in [0.1, 0.15) is 0 Å². The van der Waals surface area contributed by atoms with Crippen molar-refractivity contribution >= 4 is 5.96 Å². The van der Waals surface area contributed by atoms with Crippen molar-refractivity contribution in [3.8, 4) is 0 Å². The number of guanidine groups is 1. The zero-order chi connectivity index (χ0) is 16.7. The van der Waals surface area contributed by atoms with Gasteiger partial charge in [0.25, 0.3) is 0 Å². The van der Waals surface area contributed by atoms with Crippen LogP contribution in [0.5, 0.6) is 0 Å². The van der Waals surface area contributed by atoms with E-state index < -0.39 is 0 Å². The molecule has 0 aliphatic heterocycles. The Hall–Kier alpha value is -1.81. The number of nitrogens with zero attached hydrogens (tertiary/aromatic N) is 1. The van der Waals surface area contributed by atoms with Crippen LogP contribution in [-0.2, 0) is 0 Å². The summed E-state index contributed by atoms with van der Waals surface area (Å²) in [5.74, 6) is 0.876. The summed E-state index contributed by atoms with van der Waals surface area (Å²) in [7, 11) is 1.82. The second kappa shape index (κ2) is 8.16. The second-order valence-corrected chi connectivity index (χ2v) is 6.87. The topological polar surface area (TPSA) is 48.5 Å². The van der Waals surface area contributed by atoms with E-state index in [0.717, 1.165) is 25.3 Å². The predicted octanol–water partition coefficient (Wildman–Crippen LogP) is 3.00. The third kappa shape index (κ3) is 5.71. The Morgan fingerprint density at radius 1 is 1.22 bits per heavy atom. The van der Waals surface area contributed by atoms with Crippen LogP contribution in [0.3, 0.4) is 0 Å². The van der Waals surface area contributed by atoms with Crippen LogP contribution in [0.15, 0.2) is 47.5 Å². The van der Waals surface area contributed by atoms with E-state index in [-0.39, 0.29) is 5.54 Å². The Morgan fingerprint density at radius 2 is 1.87 bits per heavy atom. The maximum Gasteiger partial charge on any atom is 0.191 e. The van der Waals surface area contributed by atoms with Crippen molar-refractivity contribution in [1.82, 2.24) is 16.0 Å². The van der Waals surface area contributed by atoms with Gasteiger partial charge in [-0.05, 0) is 39.2 Å². The van der Waals surface area contributed by atoms with E-state index in [1.54, 1.807) is 0 Å². The van der Waals surface area contributed by atoms with Gasteiger partial charge in [0, 0.05) is 31.2 Å². The Kier molecular flexibility index (Phi) is 6.22. The number of hydrogen-bond donors (Lipinski definition) is 3. The minimum Gasteiger partial charge on any atom is -0.355 e. The molecule has 0 heterocycles. The molecule has 3 N–H and O–H groups in total. The summed E-state index contributed by atoms with van der Waals surface area (Å²) >= 11 is 0. The van der Waals surface area contributed by atoms with Crippen LogP contribution in [0, 0.1) is 0 Å². The Balaban J connectivity index is 1.82. The fourth-order valence-corrected chi connectivity index (χ4v) is 2.89. The number of rotatable bonds is 6. The van der Waals surface area contributed by atoms with E-state index >= 15 is 0 Å². The minimum atomic E-state index is -0.0409. The third-order valence-electron chi connectivity index (χ3n) is 4.18. The SMILES string of the molecule is CN=C(NCC(C)(C)NC(C)c1ccccc1)NC1CC=CC1. The van der Waals surface area contributed by atoms with Crippen molar-refractivity contribution in [1.29, 1.82) is 0 Å². The second-order valence-electron chi connectivity index (χ2n) is 6.87. The summed E-state index contributed by atoms with van der Waals surface area (Å²) in [5.41, 5.74) is 1.26. The van der Waals surface area contributed by atoms with Crippen LogP contribution in [-0.4, -0.2) is 31.1 Å². The molecule has 1 aliphatic rings. The highest BCUT2D eigenvalue weighted by molar-refractivity contribution is 5.80. The molecule has 126 valence electrons. The highest BCUT2D eigenvalue weighted by Crippen LogP contribution is 2.15. The van der Waals surface area contributed by atoms with E-state index in [0.29, 0.717) is 12.1 Å². The molecule has 1 unspecified atom stereocenters. The van der Waals surface area contributed by atoms with E-state index in [4.69, 9.17) is 0 Å². The predicted molar refractivity (Wildman–Crippen MR) is 98.7 cm³/mol. The van der Waals surface area contributed by atoms with Gasteiger partial charge in [-0.15, -0.1) is 0 Å². The van der Waals surface area contributed by atoms with Gasteiger partial charge in [0.15, 0.2) is 5.96 Å². The van der Waals surface area contributed by atoms with Gasteiger partial charge in [-0.2, -0.15) is 0 Å². The average Bonchev–Trinajstić information content (AvgIpc) is 3.05. The van der Waals surface area contributed by atoms with Crippen molar-refractivity contribution < 1.29 is 0 Å². The largest absolute Gasteiger partial charge is 0.355 e. The molecule has 0 fully saturated rings. The molecular formula is C19H30N4. The number of aliphatic imine (C=N–C) groups is 1. The molecule has 0 bridgehead atoms. The van der Waals surface area contributed by atoms with Gasteiger partial charge in [0.05, 0.1) is 0 Å². The van der Waals surface area contributed by atoms with Crippen molar-refractivity contribution in [2.24, 2.45) is 4.99 Å². The molecule has 23 heavy (non-hydrogen) atoms. The first kappa shape index (κ1) is 17.5. The van der Waals surface area contributed by atoms with Gasteiger partial charge in [-0.1, -0.05) is 42.5 Å². The standard InChI is InChI=1S/C19H30N4/c1-15(16-10-6-5-7-11-16)23-19(2,3)14-21-18(20-4)22-17-12-8-9-13-17/h5-11,15,17,23H,12-14H2,1-4H3,(H2,20,21,22). The van der Waals surface area contributed by atoms with Crippen molar-refractivity contribution in [3.05, 3.63) is 48.0 Å². The summed E-state index contributed by atoms with van der Waals surface area (Å²) in [6, 6.07) is 11.3. The van der Waals surface area contributed by atoms with Crippen LogP contribution in [0.25, 0.3) is 0 Å². The fraction of sp³-hybridized carbons (Fsp3) is 0.526. The molecule has 1 aromatic carbocycles. The van der Waals surface area contributed by atoms with Crippen LogP contribution in [0.2, 0.25) is 0 Å². The average molecular weight is 314 g/mol. The van der Waals surface area contributed by atoms with Gasteiger partial charge in [-0.25, -0.2) is 0 Å². The maximum atomic E-state index is 4.33.